The lowest BCUT2D eigenvalue weighted by atomic mass is 10.1. The summed E-state index contributed by atoms with van der Waals surface area (Å²) in [5.74, 6) is 2.19. The van der Waals surface area contributed by atoms with E-state index in [2.05, 4.69) is 10.3 Å². The number of amides is 1. The van der Waals surface area contributed by atoms with Crippen molar-refractivity contribution in [1.82, 2.24) is 5.32 Å². The molecule has 0 spiro atoms. The summed E-state index contributed by atoms with van der Waals surface area (Å²) in [5.41, 5.74) is 0.999. The molecular formula is C19H18N2O4. The molecule has 1 aliphatic heterocycles. The van der Waals surface area contributed by atoms with Crippen molar-refractivity contribution in [3.8, 4) is 17.2 Å². The Balaban J connectivity index is 1.79. The lowest BCUT2D eigenvalue weighted by Crippen LogP contribution is -2.28. The molecule has 0 fully saturated rings. The Bertz CT molecular complexity index is 829. The average Bonchev–Trinajstić information content (AvgIpc) is 3.00. The summed E-state index contributed by atoms with van der Waals surface area (Å²) in [4.78, 5) is 16.4. The fraction of sp³-hybridized carbons (Fsp3) is 0.158. The third-order valence-corrected chi connectivity index (χ3v) is 3.59. The van der Waals surface area contributed by atoms with Crippen LogP contribution in [0.5, 0.6) is 17.2 Å². The maximum atomic E-state index is 12.1. The number of ether oxygens (including phenoxy) is 3. The zero-order chi connectivity index (χ0) is 17.6. The second kappa shape index (κ2) is 7.53. The predicted octanol–water partition coefficient (Wildman–Crippen LogP) is 2.65. The van der Waals surface area contributed by atoms with Crippen molar-refractivity contribution in [2.45, 2.75) is 0 Å². The highest BCUT2D eigenvalue weighted by Crippen LogP contribution is 2.27. The van der Waals surface area contributed by atoms with Gasteiger partial charge in [0.15, 0.2) is 0 Å². The van der Waals surface area contributed by atoms with Gasteiger partial charge in [0.1, 0.15) is 35.4 Å². The van der Waals surface area contributed by atoms with E-state index < -0.39 is 0 Å². The Morgan fingerprint density at radius 2 is 1.84 bits per heavy atom. The summed E-state index contributed by atoms with van der Waals surface area (Å²) in [5, 5.41) is 2.71. The molecular weight excluding hydrogens is 320 g/mol. The van der Waals surface area contributed by atoms with Gasteiger partial charge in [-0.25, -0.2) is 4.99 Å². The monoisotopic (exact) mass is 338 g/mol. The molecule has 6 nitrogen and oxygen atoms in total. The van der Waals surface area contributed by atoms with E-state index in [1.54, 1.807) is 38.5 Å². The number of rotatable bonds is 6. The fourth-order valence-electron chi connectivity index (χ4n) is 2.35. The van der Waals surface area contributed by atoms with Crippen molar-refractivity contribution in [3.05, 3.63) is 59.8 Å². The van der Waals surface area contributed by atoms with Crippen molar-refractivity contribution in [1.29, 1.82) is 0 Å². The van der Waals surface area contributed by atoms with Gasteiger partial charge in [0.2, 0.25) is 0 Å². The van der Waals surface area contributed by atoms with Crippen molar-refractivity contribution < 1.29 is 19.0 Å². The van der Waals surface area contributed by atoms with Crippen molar-refractivity contribution in [2.24, 2.45) is 4.99 Å². The zero-order valence-corrected chi connectivity index (χ0v) is 14.0. The minimum Gasteiger partial charge on any atom is -0.497 e. The second-order valence-electron chi connectivity index (χ2n) is 5.25. The Morgan fingerprint density at radius 3 is 2.56 bits per heavy atom. The summed E-state index contributed by atoms with van der Waals surface area (Å²) >= 11 is 0. The molecule has 128 valence electrons. The van der Waals surface area contributed by atoms with E-state index in [9.17, 15) is 4.79 Å². The van der Waals surface area contributed by atoms with Crippen LogP contribution in [0.2, 0.25) is 0 Å². The molecule has 0 radical (unpaired) electrons. The topological polar surface area (TPSA) is 69.2 Å². The molecule has 0 bridgehead atoms. The molecule has 0 atom stereocenters. The Morgan fingerprint density at radius 1 is 1.04 bits per heavy atom. The number of carbonyl (C=O) groups excluding carboxylic acids is 1. The summed E-state index contributed by atoms with van der Waals surface area (Å²) < 4.78 is 16.1. The molecule has 1 amide bonds. The highest BCUT2D eigenvalue weighted by Gasteiger charge is 2.21. The number of carbonyl (C=O) groups is 1. The van der Waals surface area contributed by atoms with Crippen LogP contribution >= 0.6 is 0 Å². The number of para-hydroxylation sites is 1. The van der Waals surface area contributed by atoms with Crippen LogP contribution in [0.3, 0.4) is 0 Å². The number of hydrogen-bond acceptors (Lipinski definition) is 5. The lowest BCUT2D eigenvalue weighted by Gasteiger charge is -2.07. The van der Waals surface area contributed by atoms with Gasteiger partial charge in [-0.3, -0.25) is 4.79 Å². The first-order valence-electron chi connectivity index (χ1n) is 7.70. The van der Waals surface area contributed by atoms with Gasteiger partial charge in [0.05, 0.1) is 14.2 Å². The molecule has 1 N–H and O–H groups in total. The van der Waals surface area contributed by atoms with E-state index in [-0.39, 0.29) is 12.5 Å². The highest BCUT2D eigenvalue weighted by atomic mass is 16.5. The van der Waals surface area contributed by atoms with Gasteiger partial charge in [0, 0.05) is 5.56 Å². The second-order valence-corrected chi connectivity index (χ2v) is 5.25. The highest BCUT2D eigenvalue weighted by molar-refractivity contribution is 6.14. The van der Waals surface area contributed by atoms with Crippen LogP contribution in [0.1, 0.15) is 5.56 Å². The minimum atomic E-state index is -0.281. The van der Waals surface area contributed by atoms with Gasteiger partial charge >= 0.3 is 0 Å². The van der Waals surface area contributed by atoms with E-state index in [0.29, 0.717) is 34.3 Å². The molecule has 25 heavy (non-hydrogen) atoms. The van der Waals surface area contributed by atoms with Crippen molar-refractivity contribution >= 4 is 17.8 Å². The molecule has 0 unspecified atom stereocenters. The van der Waals surface area contributed by atoms with E-state index in [1.807, 2.05) is 30.3 Å². The fourth-order valence-corrected chi connectivity index (χ4v) is 2.35. The predicted molar refractivity (Wildman–Crippen MR) is 95.0 cm³/mol. The van der Waals surface area contributed by atoms with Crippen LogP contribution in [0.4, 0.5) is 0 Å². The first-order chi connectivity index (χ1) is 12.2. The number of nitrogens with one attached hydrogen (secondary N) is 1. The Labute approximate surface area is 145 Å². The van der Waals surface area contributed by atoms with Gasteiger partial charge in [0.25, 0.3) is 5.91 Å². The van der Waals surface area contributed by atoms with Crippen LogP contribution < -0.4 is 19.5 Å². The molecule has 1 aliphatic rings. The molecule has 0 saturated carbocycles. The quantitative estimate of drug-likeness (QED) is 0.822. The maximum Gasteiger partial charge on any atom is 0.275 e. The number of amidine groups is 1. The average molecular weight is 338 g/mol. The zero-order valence-electron chi connectivity index (χ0n) is 14.0. The molecule has 0 saturated heterocycles. The van der Waals surface area contributed by atoms with E-state index in [4.69, 9.17) is 14.2 Å². The van der Waals surface area contributed by atoms with Crippen LogP contribution in [-0.2, 0) is 4.79 Å². The van der Waals surface area contributed by atoms with E-state index in [1.165, 1.54) is 0 Å². The van der Waals surface area contributed by atoms with Gasteiger partial charge in [-0.15, -0.1) is 0 Å². The SMILES string of the molecule is COc1ccc(OC)c(/C=C2\N=C(COc3ccccc3)NC2=O)c1. The molecule has 1 heterocycles. The summed E-state index contributed by atoms with van der Waals surface area (Å²) in [7, 11) is 3.15. The molecule has 6 heteroatoms. The molecule has 2 aromatic carbocycles. The first kappa shape index (κ1) is 16.6. The van der Waals surface area contributed by atoms with Crippen LogP contribution in [0, 0.1) is 0 Å². The molecule has 3 rings (SSSR count). The van der Waals surface area contributed by atoms with Gasteiger partial charge in [-0.2, -0.15) is 0 Å². The van der Waals surface area contributed by atoms with Crippen LogP contribution in [0.15, 0.2) is 59.2 Å². The maximum absolute atomic E-state index is 12.1. The van der Waals surface area contributed by atoms with Crippen LogP contribution in [-0.4, -0.2) is 32.6 Å². The summed E-state index contributed by atoms with van der Waals surface area (Å²) in [6.45, 7) is 0.183. The first-order valence-corrected chi connectivity index (χ1v) is 7.70. The van der Waals surface area contributed by atoms with Gasteiger partial charge in [-0.1, -0.05) is 18.2 Å². The van der Waals surface area contributed by atoms with E-state index in [0.717, 1.165) is 0 Å². The third kappa shape index (κ3) is 3.98. The molecule has 0 aliphatic carbocycles. The summed E-state index contributed by atoms with van der Waals surface area (Å²) in [6.07, 6.45) is 1.66. The van der Waals surface area contributed by atoms with Gasteiger partial charge in [-0.05, 0) is 36.4 Å². The van der Waals surface area contributed by atoms with E-state index >= 15 is 0 Å². The summed E-state index contributed by atoms with van der Waals surface area (Å²) in [6, 6.07) is 14.7. The largest absolute Gasteiger partial charge is 0.497 e. The minimum absolute atomic E-state index is 0.183. The smallest absolute Gasteiger partial charge is 0.275 e. The number of methoxy groups -OCH3 is 2. The number of hydrogen-bond donors (Lipinski definition) is 1. The molecule has 2 aromatic rings. The lowest BCUT2D eigenvalue weighted by molar-refractivity contribution is -0.115. The number of aliphatic imine (C=N–C) groups is 1. The van der Waals surface area contributed by atoms with Gasteiger partial charge < -0.3 is 19.5 Å². The Kier molecular flexibility index (Phi) is 4.99. The number of benzene rings is 2. The molecule has 0 aromatic heterocycles. The number of nitrogens with zero attached hydrogens (tertiary/aromatic N) is 1. The van der Waals surface area contributed by atoms with Crippen molar-refractivity contribution in [3.63, 3.8) is 0 Å². The third-order valence-electron chi connectivity index (χ3n) is 3.59. The van der Waals surface area contributed by atoms with Crippen LogP contribution in [0.25, 0.3) is 6.08 Å². The Hall–Kier alpha value is -3.28. The normalized spacial score (nSPS) is 14.9. The van der Waals surface area contributed by atoms with Crippen molar-refractivity contribution in [2.75, 3.05) is 20.8 Å². The standard InChI is InChI=1S/C19H18N2O4/c1-23-15-8-9-17(24-2)13(10-15)11-16-19(22)21-18(20-16)12-25-14-6-4-3-5-7-14/h3-11H,12H2,1-2H3,(H,20,21,22)/b16-11-.